The van der Waals surface area contributed by atoms with Crippen molar-refractivity contribution < 1.29 is 14.6 Å². The zero-order valence-corrected chi connectivity index (χ0v) is 9.17. The molecule has 1 aliphatic heterocycles. The van der Waals surface area contributed by atoms with Crippen LogP contribution < -0.4 is 5.32 Å². The molecule has 0 radical (unpaired) electrons. The minimum atomic E-state index is -0.943. The largest absolute Gasteiger partial charge is 0.385 e. The number of hydrogen-bond acceptors (Lipinski definition) is 3. The Hall–Kier alpha value is -0.320. The fraction of sp³-hybridized carbons (Fsp3) is 0.889. The van der Waals surface area contributed by atoms with Crippen LogP contribution in [0.1, 0.15) is 20.3 Å². The van der Waals surface area contributed by atoms with Crippen LogP contribution in [0.5, 0.6) is 0 Å². The van der Waals surface area contributed by atoms with Crippen LogP contribution in [0.2, 0.25) is 0 Å². The standard InChI is InChI=1S/C9H16ClNO3/c1-6(10)8(12)11-5-9(13)3-4-14-7(9)2/h6-7,13H,3-5H2,1-2H3,(H,11,12). The number of ether oxygens (including phenoxy) is 1. The van der Waals surface area contributed by atoms with Gasteiger partial charge in [0.2, 0.25) is 5.91 Å². The van der Waals surface area contributed by atoms with Crippen LogP contribution in [-0.2, 0) is 9.53 Å². The Morgan fingerprint density at radius 3 is 2.93 bits per heavy atom. The maximum atomic E-state index is 11.2. The maximum Gasteiger partial charge on any atom is 0.237 e. The summed E-state index contributed by atoms with van der Waals surface area (Å²) in [5, 5.41) is 12.0. The number of halogens is 1. The van der Waals surface area contributed by atoms with Crippen LogP contribution in [0.3, 0.4) is 0 Å². The van der Waals surface area contributed by atoms with Crippen molar-refractivity contribution in [3.63, 3.8) is 0 Å². The lowest BCUT2D eigenvalue weighted by molar-refractivity contribution is -0.122. The first-order valence-corrected chi connectivity index (χ1v) is 5.15. The van der Waals surface area contributed by atoms with E-state index >= 15 is 0 Å². The Kier molecular flexibility index (Phi) is 3.75. The summed E-state index contributed by atoms with van der Waals surface area (Å²) >= 11 is 5.57. The lowest BCUT2D eigenvalue weighted by Crippen LogP contribution is -2.48. The molecule has 14 heavy (non-hydrogen) atoms. The van der Waals surface area contributed by atoms with Crippen LogP contribution in [0, 0.1) is 0 Å². The third kappa shape index (κ3) is 2.59. The first-order chi connectivity index (χ1) is 6.46. The molecule has 3 unspecified atom stereocenters. The van der Waals surface area contributed by atoms with E-state index < -0.39 is 11.0 Å². The van der Waals surface area contributed by atoms with Gasteiger partial charge >= 0.3 is 0 Å². The van der Waals surface area contributed by atoms with Crippen LogP contribution >= 0.6 is 11.6 Å². The normalized spacial score (nSPS) is 34.1. The van der Waals surface area contributed by atoms with Gasteiger partial charge in [-0.1, -0.05) is 0 Å². The topological polar surface area (TPSA) is 58.6 Å². The van der Waals surface area contributed by atoms with E-state index in [-0.39, 0.29) is 18.6 Å². The van der Waals surface area contributed by atoms with Crippen molar-refractivity contribution in [3.8, 4) is 0 Å². The number of amides is 1. The molecule has 1 rings (SSSR count). The van der Waals surface area contributed by atoms with E-state index in [1.165, 1.54) is 0 Å². The molecule has 82 valence electrons. The summed E-state index contributed by atoms with van der Waals surface area (Å²) < 4.78 is 5.23. The predicted molar refractivity (Wildman–Crippen MR) is 53.3 cm³/mol. The number of hydrogen-bond donors (Lipinski definition) is 2. The Morgan fingerprint density at radius 1 is 1.86 bits per heavy atom. The molecular weight excluding hydrogens is 206 g/mol. The van der Waals surface area contributed by atoms with Crippen molar-refractivity contribution in [1.82, 2.24) is 5.32 Å². The number of aliphatic hydroxyl groups is 1. The highest BCUT2D eigenvalue weighted by Crippen LogP contribution is 2.24. The highest BCUT2D eigenvalue weighted by Gasteiger charge is 2.39. The Bertz CT molecular complexity index is 222. The van der Waals surface area contributed by atoms with Crippen LogP contribution in [0.25, 0.3) is 0 Å². The van der Waals surface area contributed by atoms with E-state index in [4.69, 9.17) is 16.3 Å². The molecule has 1 saturated heterocycles. The molecule has 3 atom stereocenters. The van der Waals surface area contributed by atoms with Crippen LogP contribution in [-0.4, -0.2) is 41.2 Å². The van der Waals surface area contributed by atoms with Crippen molar-refractivity contribution in [2.45, 2.75) is 37.4 Å². The number of alkyl halides is 1. The van der Waals surface area contributed by atoms with Crippen LogP contribution in [0.15, 0.2) is 0 Å². The lowest BCUT2D eigenvalue weighted by Gasteiger charge is -2.26. The second-order valence-corrected chi connectivity index (χ2v) is 4.36. The number of carbonyl (C=O) groups excluding carboxylic acids is 1. The van der Waals surface area contributed by atoms with E-state index in [1.54, 1.807) is 13.8 Å². The van der Waals surface area contributed by atoms with Crippen molar-refractivity contribution in [1.29, 1.82) is 0 Å². The van der Waals surface area contributed by atoms with Gasteiger partial charge in [0.1, 0.15) is 11.0 Å². The van der Waals surface area contributed by atoms with Gasteiger partial charge in [-0.25, -0.2) is 0 Å². The molecule has 0 aromatic heterocycles. The quantitative estimate of drug-likeness (QED) is 0.673. The highest BCUT2D eigenvalue weighted by molar-refractivity contribution is 6.30. The predicted octanol–water partition coefficient (Wildman–Crippen LogP) is 0.270. The second-order valence-electron chi connectivity index (χ2n) is 3.70. The smallest absolute Gasteiger partial charge is 0.237 e. The minimum absolute atomic E-state index is 0.198. The molecule has 2 N–H and O–H groups in total. The van der Waals surface area contributed by atoms with Crippen molar-refractivity contribution in [2.75, 3.05) is 13.2 Å². The molecule has 0 spiro atoms. The lowest BCUT2D eigenvalue weighted by atomic mass is 9.97. The van der Waals surface area contributed by atoms with Gasteiger partial charge in [0.15, 0.2) is 0 Å². The van der Waals surface area contributed by atoms with E-state index in [9.17, 15) is 9.90 Å². The number of carbonyl (C=O) groups is 1. The third-order valence-corrected chi connectivity index (χ3v) is 2.79. The SMILES string of the molecule is CC(Cl)C(=O)NCC1(O)CCOC1C. The summed E-state index contributed by atoms with van der Waals surface area (Å²) in [6.07, 6.45) is 0.305. The molecule has 0 aromatic rings. The second kappa shape index (κ2) is 4.47. The zero-order chi connectivity index (χ0) is 10.8. The molecule has 0 aromatic carbocycles. The van der Waals surface area contributed by atoms with E-state index in [2.05, 4.69) is 5.32 Å². The van der Waals surface area contributed by atoms with Gasteiger partial charge in [-0.15, -0.1) is 11.6 Å². The van der Waals surface area contributed by atoms with Gasteiger partial charge in [-0.2, -0.15) is 0 Å². The van der Waals surface area contributed by atoms with E-state index in [0.29, 0.717) is 13.0 Å². The summed E-state index contributed by atoms with van der Waals surface area (Å²) in [5.41, 5.74) is -0.943. The van der Waals surface area contributed by atoms with Gasteiger partial charge in [0.25, 0.3) is 0 Å². The van der Waals surface area contributed by atoms with Crippen molar-refractivity contribution in [2.24, 2.45) is 0 Å². The third-order valence-electron chi connectivity index (χ3n) is 2.59. The van der Waals surface area contributed by atoms with Gasteiger partial charge in [-0.3, -0.25) is 4.79 Å². The molecule has 5 heteroatoms. The van der Waals surface area contributed by atoms with E-state index in [0.717, 1.165) is 0 Å². The van der Waals surface area contributed by atoms with E-state index in [1.807, 2.05) is 0 Å². The minimum Gasteiger partial charge on any atom is -0.385 e. The summed E-state index contributed by atoms with van der Waals surface area (Å²) in [6, 6.07) is 0. The molecular formula is C9H16ClNO3. The van der Waals surface area contributed by atoms with Gasteiger partial charge in [-0.05, 0) is 13.8 Å². The highest BCUT2D eigenvalue weighted by atomic mass is 35.5. The Morgan fingerprint density at radius 2 is 2.50 bits per heavy atom. The average Bonchev–Trinajstić information content (AvgIpc) is 2.44. The maximum absolute atomic E-state index is 11.2. The summed E-state index contributed by atoms with van der Waals surface area (Å²) in [7, 11) is 0. The van der Waals surface area contributed by atoms with Gasteiger partial charge in [0.05, 0.1) is 6.10 Å². The average molecular weight is 222 g/mol. The summed E-state index contributed by atoms with van der Waals surface area (Å²) in [5.74, 6) is -0.265. The summed E-state index contributed by atoms with van der Waals surface area (Å²) in [4.78, 5) is 11.2. The van der Waals surface area contributed by atoms with Gasteiger partial charge in [0, 0.05) is 19.6 Å². The zero-order valence-electron chi connectivity index (χ0n) is 8.42. The van der Waals surface area contributed by atoms with Crippen molar-refractivity contribution >= 4 is 17.5 Å². The first kappa shape index (κ1) is 11.8. The summed E-state index contributed by atoms with van der Waals surface area (Å²) in [6.45, 7) is 4.12. The van der Waals surface area contributed by atoms with Gasteiger partial charge < -0.3 is 15.2 Å². The van der Waals surface area contributed by atoms with Crippen LogP contribution in [0.4, 0.5) is 0 Å². The number of rotatable bonds is 3. The fourth-order valence-corrected chi connectivity index (χ4v) is 1.46. The number of nitrogens with one attached hydrogen (secondary N) is 1. The Balaban J connectivity index is 2.40. The fourth-order valence-electron chi connectivity index (χ4n) is 1.38. The molecule has 0 aliphatic carbocycles. The molecule has 0 bridgehead atoms. The molecule has 1 heterocycles. The first-order valence-electron chi connectivity index (χ1n) is 4.71. The molecule has 1 aliphatic rings. The molecule has 0 saturated carbocycles. The molecule has 1 fully saturated rings. The molecule has 4 nitrogen and oxygen atoms in total. The van der Waals surface area contributed by atoms with Crippen molar-refractivity contribution in [3.05, 3.63) is 0 Å². The monoisotopic (exact) mass is 221 g/mol. The Labute approximate surface area is 88.6 Å². The molecule has 1 amide bonds.